The van der Waals surface area contributed by atoms with Gasteiger partial charge in [-0.3, -0.25) is 4.79 Å². The smallest absolute Gasteiger partial charge is 0.265 e. The number of ether oxygens (including phenoxy) is 1. The number of benzene rings is 2. The van der Waals surface area contributed by atoms with Gasteiger partial charge in [0.1, 0.15) is 5.75 Å². The molecule has 6 heteroatoms. The third-order valence-corrected chi connectivity index (χ3v) is 3.98. The number of hydrogen-bond donors (Lipinski definition) is 1. The highest BCUT2D eigenvalue weighted by Crippen LogP contribution is 2.26. The van der Waals surface area contributed by atoms with Crippen molar-refractivity contribution in [3.8, 4) is 11.8 Å². The lowest BCUT2D eigenvalue weighted by Gasteiger charge is -2.15. The molecule has 0 spiro atoms. The van der Waals surface area contributed by atoms with E-state index in [-0.39, 0.29) is 5.91 Å². The number of anilines is 1. The number of carbonyl (C=O) groups is 1. The second-order valence-corrected chi connectivity index (χ2v) is 6.28. The van der Waals surface area contributed by atoms with Crippen LogP contribution in [0.15, 0.2) is 51.4 Å². The molecule has 0 heterocycles. The third kappa shape index (κ3) is 4.33. The van der Waals surface area contributed by atoms with Crippen LogP contribution in [0.3, 0.4) is 0 Å². The summed E-state index contributed by atoms with van der Waals surface area (Å²) in [4.78, 5) is 12.2. The molecule has 22 heavy (non-hydrogen) atoms. The van der Waals surface area contributed by atoms with E-state index in [2.05, 4.69) is 37.2 Å². The molecule has 0 unspecified atom stereocenters. The van der Waals surface area contributed by atoms with E-state index in [9.17, 15) is 4.79 Å². The van der Waals surface area contributed by atoms with Crippen LogP contribution < -0.4 is 10.1 Å². The first kappa shape index (κ1) is 16.5. The number of rotatable bonds is 4. The van der Waals surface area contributed by atoms with Crippen LogP contribution in [0.2, 0.25) is 0 Å². The zero-order chi connectivity index (χ0) is 16.1. The lowest BCUT2D eigenvalue weighted by Crippen LogP contribution is -2.30. The maximum Gasteiger partial charge on any atom is 0.265 e. The molecule has 1 atom stereocenters. The molecule has 2 aromatic rings. The van der Waals surface area contributed by atoms with Crippen LogP contribution in [0.1, 0.15) is 12.5 Å². The number of halogens is 2. The summed E-state index contributed by atoms with van der Waals surface area (Å²) in [7, 11) is 0. The van der Waals surface area contributed by atoms with E-state index >= 15 is 0 Å². The zero-order valence-electron chi connectivity index (χ0n) is 11.6. The molecule has 0 radical (unpaired) electrons. The Morgan fingerprint density at radius 1 is 1.27 bits per heavy atom. The summed E-state index contributed by atoms with van der Waals surface area (Å²) < 4.78 is 7.25. The summed E-state index contributed by atoms with van der Waals surface area (Å²) in [5.74, 6) is 0.210. The maximum absolute atomic E-state index is 12.2. The Bertz CT molecular complexity index is 741. The predicted octanol–water partition coefficient (Wildman–Crippen LogP) is 4.49. The molecule has 0 saturated heterocycles. The highest BCUT2D eigenvalue weighted by atomic mass is 79.9. The van der Waals surface area contributed by atoms with Crippen LogP contribution in [0.5, 0.6) is 5.75 Å². The van der Waals surface area contributed by atoms with Crippen LogP contribution in [0, 0.1) is 11.3 Å². The van der Waals surface area contributed by atoms with E-state index in [1.54, 1.807) is 37.3 Å². The summed E-state index contributed by atoms with van der Waals surface area (Å²) >= 11 is 6.74. The molecule has 0 aliphatic rings. The zero-order valence-corrected chi connectivity index (χ0v) is 14.8. The standard InChI is InChI=1S/C16H12Br2N2O2/c1-10(22-13-4-2-3-11(7-13)9-19)16(21)20-15-6-5-12(17)8-14(15)18/h2-8,10H,1H3,(H,20,21)/t10-/m1/s1. The van der Waals surface area contributed by atoms with E-state index in [0.717, 1.165) is 8.95 Å². The Labute approximate surface area is 145 Å². The number of amides is 1. The van der Waals surface area contributed by atoms with Gasteiger partial charge >= 0.3 is 0 Å². The normalized spacial score (nSPS) is 11.4. The van der Waals surface area contributed by atoms with Crippen molar-refractivity contribution < 1.29 is 9.53 Å². The SMILES string of the molecule is C[C@@H](Oc1cccc(C#N)c1)C(=O)Nc1ccc(Br)cc1Br. The van der Waals surface area contributed by atoms with E-state index in [0.29, 0.717) is 17.0 Å². The van der Waals surface area contributed by atoms with Gasteiger partial charge in [0.25, 0.3) is 5.91 Å². The molecule has 0 aliphatic heterocycles. The average molecular weight is 424 g/mol. The Morgan fingerprint density at radius 3 is 2.73 bits per heavy atom. The predicted molar refractivity (Wildman–Crippen MR) is 91.7 cm³/mol. The number of nitriles is 1. The van der Waals surface area contributed by atoms with Crippen molar-refractivity contribution in [2.75, 3.05) is 5.32 Å². The highest BCUT2D eigenvalue weighted by Gasteiger charge is 2.16. The largest absolute Gasteiger partial charge is 0.481 e. The first-order chi connectivity index (χ1) is 10.5. The van der Waals surface area contributed by atoms with E-state index in [1.807, 2.05) is 18.2 Å². The van der Waals surface area contributed by atoms with Gasteiger partial charge in [0.15, 0.2) is 6.10 Å². The van der Waals surface area contributed by atoms with Crippen LogP contribution in [0.4, 0.5) is 5.69 Å². The van der Waals surface area contributed by atoms with E-state index in [1.165, 1.54) is 0 Å². The van der Waals surface area contributed by atoms with Crippen molar-refractivity contribution >= 4 is 43.5 Å². The van der Waals surface area contributed by atoms with Gasteiger partial charge in [-0.25, -0.2) is 0 Å². The van der Waals surface area contributed by atoms with Gasteiger partial charge in [-0.15, -0.1) is 0 Å². The van der Waals surface area contributed by atoms with Crippen LogP contribution in [0.25, 0.3) is 0 Å². The minimum Gasteiger partial charge on any atom is -0.481 e. The average Bonchev–Trinajstić information content (AvgIpc) is 2.50. The van der Waals surface area contributed by atoms with Crippen molar-refractivity contribution in [3.63, 3.8) is 0 Å². The Balaban J connectivity index is 2.04. The summed E-state index contributed by atoms with van der Waals surface area (Å²) in [5.41, 5.74) is 1.15. The van der Waals surface area contributed by atoms with Gasteiger partial charge in [-0.1, -0.05) is 22.0 Å². The lowest BCUT2D eigenvalue weighted by molar-refractivity contribution is -0.122. The van der Waals surface area contributed by atoms with Crippen molar-refractivity contribution in [1.82, 2.24) is 0 Å². The number of carbonyl (C=O) groups excluding carboxylic acids is 1. The molecule has 4 nitrogen and oxygen atoms in total. The Hall–Kier alpha value is -1.84. The molecule has 2 aromatic carbocycles. The molecule has 0 aliphatic carbocycles. The molecular weight excluding hydrogens is 412 g/mol. The first-order valence-electron chi connectivity index (χ1n) is 6.42. The molecule has 0 aromatic heterocycles. The van der Waals surface area contributed by atoms with Crippen molar-refractivity contribution in [2.45, 2.75) is 13.0 Å². The second-order valence-electron chi connectivity index (χ2n) is 4.51. The van der Waals surface area contributed by atoms with Gasteiger partial charge in [0.2, 0.25) is 0 Å². The molecular formula is C16H12Br2N2O2. The van der Waals surface area contributed by atoms with Gasteiger partial charge in [-0.2, -0.15) is 5.26 Å². The van der Waals surface area contributed by atoms with Crippen molar-refractivity contribution in [2.24, 2.45) is 0 Å². The summed E-state index contributed by atoms with van der Waals surface area (Å²) in [6.45, 7) is 1.65. The third-order valence-electron chi connectivity index (χ3n) is 2.83. The molecule has 1 N–H and O–H groups in total. The maximum atomic E-state index is 12.2. The van der Waals surface area contributed by atoms with Gasteiger partial charge in [0.05, 0.1) is 17.3 Å². The van der Waals surface area contributed by atoms with E-state index < -0.39 is 6.10 Å². The fourth-order valence-electron chi connectivity index (χ4n) is 1.72. The quantitative estimate of drug-likeness (QED) is 0.787. The highest BCUT2D eigenvalue weighted by molar-refractivity contribution is 9.11. The molecule has 2 rings (SSSR count). The Kier molecular flexibility index (Phi) is 5.58. The monoisotopic (exact) mass is 422 g/mol. The molecule has 1 amide bonds. The minimum atomic E-state index is -0.690. The summed E-state index contributed by atoms with van der Waals surface area (Å²) in [6, 6.07) is 14.2. The lowest BCUT2D eigenvalue weighted by atomic mass is 10.2. The fraction of sp³-hybridized carbons (Fsp3) is 0.125. The van der Waals surface area contributed by atoms with Crippen molar-refractivity contribution in [1.29, 1.82) is 5.26 Å². The molecule has 0 saturated carbocycles. The van der Waals surface area contributed by atoms with E-state index in [4.69, 9.17) is 10.00 Å². The second kappa shape index (κ2) is 7.43. The topological polar surface area (TPSA) is 62.1 Å². The number of nitrogens with zero attached hydrogens (tertiary/aromatic N) is 1. The number of hydrogen-bond acceptors (Lipinski definition) is 3. The first-order valence-corrected chi connectivity index (χ1v) is 8.01. The van der Waals surface area contributed by atoms with Crippen molar-refractivity contribution in [3.05, 3.63) is 57.0 Å². The number of nitrogens with one attached hydrogen (secondary N) is 1. The van der Waals surface area contributed by atoms with Gasteiger partial charge < -0.3 is 10.1 Å². The van der Waals surface area contributed by atoms with Gasteiger partial charge in [-0.05, 0) is 59.3 Å². The molecule has 0 fully saturated rings. The summed E-state index contributed by atoms with van der Waals surface area (Å²) in [6.07, 6.45) is -0.690. The molecule has 112 valence electrons. The summed E-state index contributed by atoms with van der Waals surface area (Å²) in [5, 5.41) is 11.6. The Morgan fingerprint density at radius 2 is 2.05 bits per heavy atom. The molecule has 0 bridgehead atoms. The van der Waals surface area contributed by atoms with Crippen LogP contribution in [-0.4, -0.2) is 12.0 Å². The van der Waals surface area contributed by atoms with Crippen LogP contribution in [-0.2, 0) is 4.79 Å². The van der Waals surface area contributed by atoms with Crippen LogP contribution >= 0.6 is 31.9 Å². The fourth-order valence-corrected chi connectivity index (χ4v) is 2.87. The minimum absolute atomic E-state index is 0.273. The van der Waals surface area contributed by atoms with Gasteiger partial charge in [0, 0.05) is 8.95 Å².